The summed E-state index contributed by atoms with van der Waals surface area (Å²) in [5.41, 5.74) is 0.441. The number of aromatic nitrogens is 4. The number of aryl methyl sites for hydroxylation is 1. The first-order valence-corrected chi connectivity index (χ1v) is 8.63. The molecule has 0 spiro atoms. The largest absolute Gasteiger partial charge is 0.320 e. The minimum atomic E-state index is -0.691. The molecule has 0 radical (unpaired) electrons. The Morgan fingerprint density at radius 3 is 2.59 bits per heavy atom. The highest BCUT2D eigenvalue weighted by molar-refractivity contribution is 6.35. The van der Waals surface area contributed by atoms with Crippen molar-refractivity contribution in [2.45, 2.75) is 20.0 Å². The van der Waals surface area contributed by atoms with Crippen molar-refractivity contribution in [1.82, 2.24) is 19.6 Å². The van der Waals surface area contributed by atoms with Gasteiger partial charge in [-0.25, -0.2) is 0 Å². The molecule has 0 aliphatic carbocycles. The number of amides is 1. The zero-order valence-corrected chi connectivity index (χ0v) is 15.6. The van der Waals surface area contributed by atoms with Gasteiger partial charge in [-0.1, -0.05) is 29.3 Å². The fraction of sp³-hybridized carbons (Fsp3) is 0.188. The summed E-state index contributed by atoms with van der Waals surface area (Å²) >= 11 is 12.3. The third kappa shape index (κ3) is 4.09. The van der Waals surface area contributed by atoms with E-state index in [9.17, 15) is 14.9 Å². The Balaban J connectivity index is 1.77. The molecule has 0 bridgehead atoms. The van der Waals surface area contributed by atoms with E-state index in [0.717, 1.165) is 0 Å². The second-order valence-corrected chi connectivity index (χ2v) is 6.37. The number of carbonyl (C=O) groups excluding carboxylic acids is 1. The maximum atomic E-state index is 12.4. The van der Waals surface area contributed by atoms with Gasteiger partial charge in [0, 0.05) is 28.4 Å². The molecule has 1 aromatic carbocycles. The van der Waals surface area contributed by atoms with Crippen LogP contribution < -0.4 is 5.32 Å². The van der Waals surface area contributed by atoms with Crippen molar-refractivity contribution >= 4 is 40.5 Å². The Kier molecular flexibility index (Phi) is 5.43. The zero-order chi connectivity index (χ0) is 19.6. The zero-order valence-electron chi connectivity index (χ0n) is 14.1. The van der Waals surface area contributed by atoms with Crippen LogP contribution in [0.1, 0.15) is 23.0 Å². The van der Waals surface area contributed by atoms with Crippen LogP contribution in [-0.4, -0.2) is 30.4 Å². The molecule has 27 heavy (non-hydrogen) atoms. The molecule has 1 N–H and O–H groups in total. The second kappa shape index (κ2) is 7.77. The van der Waals surface area contributed by atoms with Crippen LogP contribution in [0.15, 0.2) is 36.8 Å². The van der Waals surface area contributed by atoms with Crippen LogP contribution in [0, 0.1) is 10.1 Å². The average molecular weight is 409 g/mol. The molecule has 11 heteroatoms. The van der Waals surface area contributed by atoms with Crippen molar-refractivity contribution in [3.05, 3.63) is 68.2 Å². The summed E-state index contributed by atoms with van der Waals surface area (Å²) in [5.74, 6) is -0.691. The predicted molar refractivity (Wildman–Crippen MR) is 100 cm³/mol. The number of carbonyl (C=O) groups is 1. The van der Waals surface area contributed by atoms with Gasteiger partial charge in [-0.05, 0) is 19.1 Å². The summed E-state index contributed by atoms with van der Waals surface area (Å²) in [4.78, 5) is 22.8. The molecule has 0 aliphatic heterocycles. The van der Waals surface area contributed by atoms with Crippen molar-refractivity contribution in [3.63, 3.8) is 0 Å². The Hall–Kier alpha value is -2.91. The lowest BCUT2D eigenvalue weighted by atomic mass is 10.2. The lowest BCUT2D eigenvalue weighted by Crippen LogP contribution is -2.14. The Morgan fingerprint density at radius 1 is 1.26 bits per heavy atom. The maximum absolute atomic E-state index is 12.4. The summed E-state index contributed by atoms with van der Waals surface area (Å²) < 4.78 is 2.87. The molecule has 1 amide bonds. The molecule has 0 atom stereocenters. The molecular formula is C16H14Cl2N6O3. The smallest absolute Gasteiger partial charge is 0.318 e. The lowest BCUT2D eigenvalue weighted by molar-refractivity contribution is -0.385. The van der Waals surface area contributed by atoms with Crippen LogP contribution in [0.25, 0.3) is 0 Å². The molecule has 0 aliphatic rings. The molecule has 0 saturated carbocycles. The molecular weight excluding hydrogens is 395 g/mol. The van der Waals surface area contributed by atoms with Crippen LogP contribution in [0.5, 0.6) is 0 Å². The van der Waals surface area contributed by atoms with Crippen LogP contribution in [0.4, 0.5) is 11.4 Å². The van der Waals surface area contributed by atoms with Crippen molar-refractivity contribution in [1.29, 1.82) is 0 Å². The first-order chi connectivity index (χ1) is 12.9. The Labute approximate surface area is 163 Å². The third-order valence-corrected chi connectivity index (χ3v) is 4.46. The first-order valence-electron chi connectivity index (χ1n) is 7.87. The van der Waals surface area contributed by atoms with E-state index in [4.69, 9.17) is 23.2 Å². The van der Waals surface area contributed by atoms with Gasteiger partial charge in [0.05, 0.1) is 23.4 Å². The van der Waals surface area contributed by atoms with E-state index >= 15 is 0 Å². The van der Waals surface area contributed by atoms with Gasteiger partial charge in [0.15, 0.2) is 0 Å². The Bertz CT molecular complexity index is 993. The fourth-order valence-electron chi connectivity index (χ4n) is 2.42. The van der Waals surface area contributed by atoms with Crippen molar-refractivity contribution in [2.75, 3.05) is 5.32 Å². The summed E-state index contributed by atoms with van der Waals surface area (Å²) in [6, 6.07) is 5.18. The normalized spacial score (nSPS) is 10.8. The number of benzene rings is 1. The molecule has 0 fully saturated rings. The maximum Gasteiger partial charge on any atom is 0.320 e. The summed E-state index contributed by atoms with van der Waals surface area (Å²) in [5, 5.41) is 22.8. The van der Waals surface area contributed by atoms with Gasteiger partial charge in [0.2, 0.25) is 5.69 Å². The van der Waals surface area contributed by atoms with Gasteiger partial charge in [-0.2, -0.15) is 10.2 Å². The highest BCUT2D eigenvalue weighted by Gasteiger charge is 2.25. The van der Waals surface area contributed by atoms with Gasteiger partial charge < -0.3 is 5.32 Å². The van der Waals surface area contributed by atoms with Crippen molar-refractivity contribution in [3.8, 4) is 0 Å². The topological polar surface area (TPSA) is 108 Å². The summed E-state index contributed by atoms with van der Waals surface area (Å²) in [6.07, 6.45) is 4.21. The fourth-order valence-corrected chi connectivity index (χ4v) is 2.94. The molecule has 140 valence electrons. The molecule has 2 heterocycles. The van der Waals surface area contributed by atoms with Gasteiger partial charge in [0.1, 0.15) is 6.20 Å². The van der Waals surface area contributed by atoms with E-state index in [-0.39, 0.29) is 11.4 Å². The first kappa shape index (κ1) is 18.9. The standard InChI is InChI=1S/C16H14Cl2N6O3/c1-2-22-9-14(24(26)27)15(21-22)16(25)20-10-6-19-23(7-10)8-11-12(17)4-3-5-13(11)18/h3-7,9H,2,8H2,1H3,(H,20,25). The summed E-state index contributed by atoms with van der Waals surface area (Å²) in [7, 11) is 0. The molecule has 2 aromatic heterocycles. The van der Waals surface area contributed by atoms with Crippen LogP contribution in [0.3, 0.4) is 0 Å². The van der Waals surface area contributed by atoms with Crippen LogP contribution >= 0.6 is 23.2 Å². The SMILES string of the molecule is CCn1cc([N+](=O)[O-])c(C(=O)Nc2cnn(Cc3c(Cl)cccc3Cl)c2)n1. The van der Waals surface area contributed by atoms with Crippen LogP contribution in [-0.2, 0) is 13.1 Å². The van der Waals surface area contributed by atoms with Gasteiger partial charge in [-0.3, -0.25) is 24.3 Å². The van der Waals surface area contributed by atoms with E-state index in [2.05, 4.69) is 15.5 Å². The number of anilines is 1. The second-order valence-electron chi connectivity index (χ2n) is 5.56. The minimum Gasteiger partial charge on any atom is -0.318 e. The molecule has 9 nitrogen and oxygen atoms in total. The van der Waals surface area contributed by atoms with E-state index in [1.54, 1.807) is 36.0 Å². The highest BCUT2D eigenvalue weighted by Crippen LogP contribution is 2.25. The number of halogens is 2. The number of hydrogen-bond acceptors (Lipinski definition) is 5. The predicted octanol–water partition coefficient (Wildman–Crippen LogP) is 3.62. The Morgan fingerprint density at radius 2 is 1.96 bits per heavy atom. The average Bonchev–Trinajstić information content (AvgIpc) is 3.25. The molecule has 3 aromatic rings. The third-order valence-electron chi connectivity index (χ3n) is 3.75. The molecule has 3 rings (SSSR count). The van der Waals surface area contributed by atoms with Gasteiger partial charge >= 0.3 is 5.69 Å². The number of nitrogens with one attached hydrogen (secondary N) is 1. The quantitative estimate of drug-likeness (QED) is 0.494. The summed E-state index contributed by atoms with van der Waals surface area (Å²) in [6.45, 7) is 2.48. The monoisotopic (exact) mass is 408 g/mol. The van der Waals surface area contributed by atoms with E-state index in [1.165, 1.54) is 17.1 Å². The van der Waals surface area contributed by atoms with E-state index in [0.29, 0.717) is 34.4 Å². The highest BCUT2D eigenvalue weighted by atomic mass is 35.5. The lowest BCUT2D eigenvalue weighted by Gasteiger charge is -2.06. The van der Waals surface area contributed by atoms with Gasteiger partial charge in [-0.15, -0.1) is 0 Å². The number of rotatable bonds is 6. The molecule has 0 unspecified atom stereocenters. The minimum absolute atomic E-state index is 0.260. The van der Waals surface area contributed by atoms with E-state index < -0.39 is 10.8 Å². The molecule has 0 saturated heterocycles. The van der Waals surface area contributed by atoms with Gasteiger partial charge in [0.25, 0.3) is 5.91 Å². The van der Waals surface area contributed by atoms with Crippen molar-refractivity contribution in [2.24, 2.45) is 0 Å². The van der Waals surface area contributed by atoms with Crippen molar-refractivity contribution < 1.29 is 9.72 Å². The number of nitrogens with zero attached hydrogens (tertiary/aromatic N) is 5. The number of nitro groups is 1. The van der Waals surface area contributed by atoms with E-state index in [1.807, 2.05) is 0 Å². The number of hydrogen-bond donors (Lipinski definition) is 1. The van der Waals surface area contributed by atoms with Crippen LogP contribution in [0.2, 0.25) is 10.0 Å².